The second kappa shape index (κ2) is 5.74. The predicted octanol–water partition coefficient (Wildman–Crippen LogP) is 2.12. The Balaban J connectivity index is 2.30. The first-order valence-electron chi connectivity index (χ1n) is 5.93. The first-order chi connectivity index (χ1) is 9.83. The average Bonchev–Trinajstić information content (AvgIpc) is 2.90. The maximum atomic E-state index is 12.1. The van der Waals surface area contributed by atoms with Gasteiger partial charge in [-0.2, -0.15) is 8.42 Å². The number of aryl methyl sites for hydroxylation is 1. The predicted molar refractivity (Wildman–Crippen MR) is 77.2 cm³/mol. The minimum atomic E-state index is -3.86. The summed E-state index contributed by atoms with van der Waals surface area (Å²) >= 11 is 5.88. The molecule has 0 spiro atoms. The lowest BCUT2D eigenvalue weighted by atomic mass is 10.2. The van der Waals surface area contributed by atoms with E-state index in [1.54, 1.807) is 0 Å². The van der Waals surface area contributed by atoms with Crippen LogP contribution in [-0.2, 0) is 16.4 Å². The molecule has 0 radical (unpaired) electrons. The maximum absolute atomic E-state index is 12.1. The van der Waals surface area contributed by atoms with Gasteiger partial charge in [-0.25, -0.2) is 9.78 Å². The molecule has 1 heterocycles. The number of sulfonamides is 1. The van der Waals surface area contributed by atoms with Gasteiger partial charge in [-0.05, 0) is 18.2 Å². The van der Waals surface area contributed by atoms with Crippen molar-refractivity contribution in [2.45, 2.75) is 18.4 Å². The molecule has 7 nitrogen and oxygen atoms in total. The summed E-state index contributed by atoms with van der Waals surface area (Å²) in [6, 6.07) is 3.73. The van der Waals surface area contributed by atoms with E-state index in [1.165, 1.54) is 24.4 Å². The lowest BCUT2D eigenvalue weighted by molar-refractivity contribution is 0.0697. The zero-order valence-electron chi connectivity index (χ0n) is 10.9. The number of halogens is 1. The zero-order chi connectivity index (χ0) is 15.6. The quantitative estimate of drug-likeness (QED) is 0.777. The summed E-state index contributed by atoms with van der Waals surface area (Å²) in [6.45, 7) is 1.84. The third-order valence-corrected chi connectivity index (χ3v) is 4.28. The highest BCUT2D eigenvalue weighted by Gasteiger charge is 2.19. The van der Waals surface area contributed by atoms with Crippen LogP contribution < -0.4 is 4.72 Å². The molecule has 1 aromatic heterocycles. The van der Waals surface area contributed by atoms with Gasteiger partial charge in [0.1, 0.15) is 5.82 Å². The number of nitrogens with one attached hydrogen (secondary N) is 2. The molecule has 1 aromatic carbocycles. The standard InChI is InChI=1S/C12H12ClN3O4S/c1-2-10-14-6-11(15-10)21(19,20)16-9-4-3-7(12(17)18)5-8(9)13/h3-6,16H,2H2,1H3,(H,14,15)(H,17,18). The van der Waals surface area contributed by atoms with Gasteiger partial charge in [0.25, 0.3) is 10.0 Å². The fourth-order valence-electron chi connectivity index (χ4n) is 1.59. The van der Waals surface area contributed by atoms with Crippen molar-refractivity contribution < 1.29 is 18.3 Å². The molecule has 0 aliphatic rings. The second-order valence-corrected chi connectivity index (χ2v) is 6.21. The van der Waals surface area contributed by atoms with E-state index >= 15 is 0 Å². The molecule has 9 heteroatoms. The fourth-order valence-corrected chi connectivity index (χ4v) is 2.90. The molecule has 0 bridgehead atoms. The summed E-state index contributed by atoms with van der Waals surface area (Å²) in [5, 5.41) is 8.74. The number of hydrogen-bond donors (Lipinski definition) is 3. The fraction of sp³-hybridized carbons (Fsp3) is 0.167. The number of benzene rings is 1. The van der Waals surface area contributed by atoms with Gasteiger partial charge in [-0.1, -0.05) is 18.5 Å². The molecular formula is C12H12ClN3O4S. The molecule has 0 fully saturated rings. The van der Waals surface area contributed by atoms with Gasteiger partial charge in [-0.3, -0.25) is 4.72 Å². The number of hydrogen-bond acceptors (Lipinski definition) is 4. The molecule has 112 valence electrons. The van der Waals surface area contributed by atoms with Gasteiger partial charge in [0.15, 0.2) is 5.03 Å². The Morgan fingerprint density at radius 1 is 1.48 bits per heavy atom. The number of carboxylic acid groups (broad SMARTS) is 1. The summed E-state index contributed by atoms with van der Waals surface area (Å²) in [5.74, 6) is -0.602. The molecule has 0 amide bonds. The number of carboxylic acids is 1. The Bertz CT molecular complexity index is 786. The molecule has 2 rings (SSSR count). The van der Waals surface area contributed by atoms with Gasteiger partial charge >= 0.3 is 5.97 Å². The number of aromatic amines is 1. The van der Waals surface area contributed by atoms with Gasteiger partial charge < -0.3 is 10.1 Å². The Kier molecular flexibility index (Phi) is 4.19. The van der Waals surface area contributed by atoms with Crippen molar-refractivity contribution in [2.75, 3.05) is 4.72 Å². The number of aromatic carboxylic acids is 1. The molecule has 3 N–H and O–H groups in total. The van der Waals surface area contributed by atoms with Crippen molar-refractivity contribution >= 4 is 33.3 Å². The van der Waals surface area contributed by atoms with Crippen molar-refractivity contribution in [3.8, 4) is 0 Å². The summed E-state index contributed by atoms with van der Waals surface area (Å²) < 4.78 is 26.6. The first-order valence-corrected chi connectivity index (χ1v) is 7.79. The van der Waals surface area contributed by atoms with Crippen LogP contribution >= 0.6 is 11.6 Å². The Morgan fingerprint density at radius 3 is 2.71 bits per heavy atom. The summed E-state index contributed by atoms with van der Waals surface area (Å²) in [4.78, 5) is 17.4. The van der Waals surface area contributed by atoms with Gasteiger partial charge in [-0.15, -0.1) is 0 Å². The second-order valence-electron chi connectivity index (χ2n) is 4.15. The van der Waals surface area contributed by atoms with Gasteiger partial charge in [0.05, 0.1) is 22.5 Å². The zero-order valence-corrected chi connectivity index (χ0v) is 12.5. The van der Waals surface area contributed by atoms with E-state index in [-0.39, 0.29) is 21.3 Å². The number of H-pyrrole nitrogens is 1. The van der Waals surface area contributed by atoms with Crippen LogP contribution in [0.4, 0.5) is 5.69 Å². The molecule has 0 unspecified atom stereocenters. The third-order valence-electron chi connectivity index (χ3n) is 2.69. The van der Waals surface area contributed by atoms with Crippen LogP contribution in [0.1, 0.15) is 23.1 Å². The summed E-state index contributed by atoms with van der Waals surface area (Å²) in [5.41, 5.74) is 0.0621. The van der Waals surface area contributed by atoms with E-state index in [0.717, 1.165) is 0 Å². The largest absolute Gasteiger partial charge is 0.478 e. The highest BCUT2D eigenvalue weighted by molar-refractivity contribution is 7.92. The first kappa shape index (κ1) is 15.3. The van der Waals surface area contributed by atoms with Crippen LogP contribution in [-0.4, -0.2) is 29.5 Å². The summed E-state index contributed by atoms with van der Waals surface area (Å²) in [6.07, 6.45) is 1.78. The van der Waals surface area contributed by atoms with Crippen LogP contribution in [0.3, 0.4) is 0 Å². The van der Waals surface area contributed by atoms with Crippen LogP contribution in [0.2, 0.25) is 5.02 Å². The number of nitrogens with zero attached hydrogens (tertiary/aromatic N) is 1. The molecule has 21 heavy (non-hydrogen) atoms. The van der Waals surface area contributed by atoms with Crippen molar-refractivity contribution in [3.63, 3.8) is 0 Å². The van der Waals surface area contributed by atoms with Crippen LogP contribution in [0, 0.1) is 0 Å². The molecule has 2 aromatic rings. The van der Waals surface area contributed by atoms with E-state index in [4.69, 9.17) is 16.7 Å². The number of anilines is 1. The molecule has 0 atom stereocenters. The lowest BCUT2D eigenvalue weighted by Gasteiger charge is -2.08. The Hall–Kier alpha value is -2.06. The van der Waals surface area contributed by atoms with Crippen molar-refractivity contribution in [1.82, 2.24) is 9.97 Å². The average molecular weight is 330 g/mol. The van der Waals surface area contributed by atoms with Crippen molar-refractivity contribution in [2.24, 2.45) is 0 Å². The molecule has 0 saturated heterocycles. The van der Waals surface area contributed by atoms with E-state index in [0.29, 0.717) is 12.2 Å². The number of rotatable bonds is 5. The van der Waals surface area contributed by atoms with Crippen molar-refractivity contribution in [1.29, 1.82) is 0 Å². The monoisotopic (exact) mass is 329 g/mol. The normalized spacial score (nSPS) is 11.3. The minimum Gasteiger partial charge on any atom is -0.478 e. The smallest absolute Gasteiger partial charge is 0.335 e. The van der Waals surface area contributed by atoms with Crippen LogP contribution in [0.15, 0.2) is 29.4 Å². The van der Waals surface area contributed by atoms with Crippen molar-refractivity contribution in [3.05, 3.63) is 40.8 Å². The maximum Gasteiger partial charge on any atom is 0.335 e. The SMILES string of the molecule is CCc1ncc(S(=O)(=O)Nc2ccc(C(=O)O)cc2Cl)[nH]1. The van der Waals surface area contributed by atoms with Gasteiger partial charge in [0, 0.05) is 6.42 Å². The molecular weight excluding hydrogens is 318 g/mol. The Labute approximate surface area is 126 Å². The highest BCUT2D eigenvalue weighted by atomic mass is 35.5. The number of imidazole rings is 1. The van der Waals surface area contributed by atoms with Crippen LogP contribution in [0.5, 0.6) is 0 Å². The molecule has 0 saturated carbocycles. The lowest BCUT2D eigenvalue weighted by Crippen LogP contribution is -2.14. The Morgan fingerprint density at radius 2 is 2.19 bits per heavy atom. The highest BCUT2D eigenvalue weighted by Crippen LogP contribution is 2.25. The summed E-state index contributed by atoms with van der Waals surface area (Å²) in [7, 11) is -3.86. The minimum absolute atomic E-state index is 0.00583. The van der Waals surface area contributed by atoms with E-state index in [1.807, 2.05) is 6.92 Å². The molecule has 0 aliphatic carbocycles. The van der Waals surface area contributed by atoms with Gasteiger partial charge in [0.2, 0.25) is 0 Å². The van der Waals surface area contributed by atoms with E-state index in [9.17, 15) is 13.2 Å². The molecule has 0 aliphatic heterocycles. The number of carbonyl (C=O) groups is 1. The topological polar surface area (TPSA) is 112 Å². The number of aromatic nitrogens is 2. The van der Waals surface area contributed by atoms with E-state index < -0.39 is 16.0 Å². The van der Waals surface area contributed by atoms with Crippen LogP contribution in [0.25, 0.3) is 0 Å². The third kappa shape index (κ3) is 3.34. The van der Waals surface area contributed by atoms with E-state index in [2.05, 4.69) is 14.7 Å².